The van der Waals surface area contributed by atoms with Crippen molar-refractivity contribution in [2.24, 2.45) is 0 Å². The van der Waals surface area contributed by atoms with Crippen molar-refractivity contribution in [3.63, 3.8) is 0 Å². The van der Waals surface area contributed by atoms with Gasteiger partial charge in [0, 0.05) is 12.1 Å². The number of oxazole rings is 1. The molecule has 1 aromatic carbocycles. The molecule has 1 aromatic heterocycles. The maximum Gasteiger partial charge on any atom is 0.394 e. The molecule has 5 nitrogen and oxygen atoms in total. The minimum absolute atomic E-state index is 0.0354. The topological polar surface area (TPSA) is 55.6 Å². The summed E-state index contributed by atoms with van der Waals surface area (Å²) < 4.78 is 23.6. The minimum Gasteiger partial charge on any atom is -0.449 e. The molecule has 2 rings (SSSR count). The number of benzene rings is 1. The van der Waals surface area contributed by atoms with Crippen LogP contribution in [0.3, 0.4) is 0 Å². The van der Waals surface area contributed by atoms with Crippen molar-refractivity contribution in [3.05, 3.63) is 35.8 Å². The van der Waals surface area contributed by atoms with E-state index in [1.807, 2.05) is 19.0 Å². The minimum atomic E-state index is -0.358. The van der Waals surface area contributed by atoms with E-state index in [0.717, 1.165) is 0 Å². The average Bonchev–Trinajstić information content (AvgIpc) is 2.82. The second-order valence-corrected chi connectivity index (χ2v) is 4.47. The van der Waals surface area contributed by atoms with Crippen LogP contribution in [0.1, 0.15) is 10.5 Å². The van der Waals surface area contributed by atoms with Gasteiger partial charge in [0.1, 0.15) is 12.4 Å². The number of nitrogens with zero attached hydrogens (tertiary/aromatic N) is 2. The van der Waals surface area contributed by atoms with E-state index in [9.17, 15) is 9.18 Å². The zero-order valence-corrected chi connectivity index (χ0v) is 11.3. The van der Waals surface area contributed by atoms with Gasteiger partial charge in [0.05, 0.1) is 0 Å². The summed E-state index contributed by atoms with van der Waals surface area (Å²) in [6, 6.07) is 5.62. The van der Waals surface area contributed by atoms with E-state index in [0.29, 0.717) is 25.0 Å². The molecule has 6 heteroatoms. The van der Waals surface area contributed by atoms with Gasteiger partial charge in [0.15, 0.2) is 17.7 Å². The van der Waals surface area contributed by atoms with Crippen molar-refractivity contribution in [1.29, 1.82) is 0 Å². The lowest BCUT2D eigenvalue weighted by atomic mass is 10.1. The summed E-state index contributed by atoms with van der Waals surface area (Å²) in [4.78, 5) is 16.9. The number of aldehydes is 1. The molecule has 0 spiro atoms. The molecule has 0 unspecified atom stereocenters. The average molecular weight is 278 g/mol. The molecule has 0 N–H and O–H groups in total. The van der Waals surface area contributed by atoms with Crippen LogP contribution in [0, 0.1) is 5.82 Å². The summed E-state index contributed by atoms with van der Waals surface area (Å²) in [5.41, 5.74) is 0.708. The first-order valence-corrected chi connectivity index (χ1v) is 6.09. The predicted molar refractivity (Wildman–Crippen MR) is 71.3 cm³/mol. The third-order valence-corrected chi connectivity index (χ3v) is 2.62. The van der Waals surface area contributed by atoms with E-state index in [1.165, 1.54) is 24.3 Å². The van der Waals surface area contributed by atoms with Crippen LogP contribution in [0.25, 0.3) is 11.3 Å². The Hall–Kier alpha value is -2.21. The number of carbonyl (C=O) groups is 1. The molecule has 0 radical (unpaired) electrons. The second-order valence-electron chi connectivity index (χ2n) is 4.47. The summed E-state index contributed by atoms with van der Waals surface area (Å²) in [5.74, 6) is -0.0803. The van der Waals surface area contributed by atoms with Gasteiger partial charge in [-0.3, -0.25) is 4.79 Å². The predicted octanol–water partition coefficient (Wildman–Crippen LogP) is 2.23. The van der Waals surface area contributed by atoms with E-state index >= 15 is 0 Å². The van der Waals surface area contributed by atoms with Crippen LogP contribution < -0.4 is 4.74 Å². The van der Waals surface area contributed by atoms with Crippen LogP contribution in [0.2, 0.25) is 0 Å². The van der Waals surface area contributed by atoms with Crippen molar-refractivity contribution in [2.45, 2.75) is 0 Å². The molecule has 0 saturated carbocycles. The Morgan fingerprint density at radius 1 is 1.35 bits per heavy atom. The highest BCUT2D eigenvalue weighted by molar-refractivity contribution is 5.82. The van der Waals surface area contributed by atoms with Crippen molar-refractivity contribution in [1.82, 2.24) is 9.88 Å². The maximum absolute atomic E-state index is 12.9. The Balaban J connectivity index is 2.18. The van der Waals surface area contributed by atoms with Gasteiger partial charge in [-0.2, -0.15) is 4.98 Å². The number of likely N-dealkylation sites (N-methyl/N-ethyl adjacent to an activating group) is 1. The highest BCUT2D eigenvalue weighted by atomic mass is 19.1. The molecule has 0 bridgehead atoms. The Bertz CT molecular complexity index is 579. The largest absolute Gasteiger partial charge is 0.449 e. The molecule has 1 heterocycles. The normalized spacial score (nSPS) is 10.8. The lowest BCUT2D eigenvalue weighted by Gasteiger charge is -2.07. The van der Waals surface area contributed by atoms with Crippen molar-refractivity contribution in [2.75, 3.05) is 27.2 Å². The zero-order valence-electron chi connectivity index (χ0n) is 11.3. The fraction of sp³-hybridized carbons (Fsp3) is 0.286. The second kappa shape index (κ2) is 6.29. The molecule has 106 valence electrons. The van der Waals surface area contributed by atoms with Crippen LogP contribution in [-0.4, -0.2) is 43.4 Å². The lowest BCUT2D eigenvalue weighted by Crippen LogP contribution is -2.19. The van der Waals surface area contributed by atoms with Crippen molar-refractivity contribution >= 4 is 6.29 Å². The third-order valence-electron chi connectivity index (χ3n) is 2.62. The van der Waals surface area contributed by atoms with Crippen LogP contribution in [0.5, 0.6) is 6.08 Å². The Labute approximate surface area is 116 Å². The molecular formula is C14H15FN2O3. The van der Waals surface area contributed by atoms with Gasteiger partial charge in [-0.05, 0) is 38.4 Å². The van der Waals surface area contributed by atoms with Crippen LogP contribution in [-0.2, 0) is 0 Å². The number of ether oxygens (including phenoxy) is 1. The number of carbonyl (C=O) groups excluding carboxylic acids is 1. The van der Waals surface area contributed by atoms with E-state index in [1.54, 1.807) is 0 Å². The number of aromatic nitrogens is 1. The molecule has 0 amide bonds. The number of hydrogen-bond acceptors (Lipinski definition) is 5. The van der Waals surface area contributed by atoms with Gasteiger partial charge in [-0.15, -0.1) is 0 Å². The van der Waals surface area contributed by atoms with Crippen molar-refractivity contribution in [3.8, 4) is 17.4 Å². The number of halogens is 1. The van der Waals surface area contributed by atoms with Gasteiger partial charge in [0.2, 0.25) is 0 Å². The van der Waals surface area contributed by atoms with E-state index < -0.39 is 0 Å². The van der Waals surface area contributed by atoms with Crippen LogP contribution in [0.15, 0.2) is 28.7 Å². The SMILES string of the molecule is CN(C)CCOc1nc(C=O)c(-c2ccc(F)cc2)o1. The van der Waals surface area contributed by atoms with Crippen LogP contribution >= 0.6 is 0 Å². The summed E-state index contributed by atoms with van der Waals surface area (Å²) in [6.07, 6.45) is 0.620. The first-order chi connectivity index (χ1) is 9.60. The van der Waals surface area contributed by atoms with E-state index in [4.69, 9.17) is 9.15 Å². The molecule has 2 aromatic rings. The maximum atomic E-state index is 12.9. The third kappa shape index (κ3) is 3.42. The highest BCUT2D eigenvalue weighted by Gasteiger charge is 2.15. The fourth-order valence-corrected chi connectivity index (χ4v) is 1.58. The van der Waals surface area contributed by atoms with Gasteiger partial charge in [-0.25, -0.2) is 4.39 Å². The smallest absolute Gasteiger partial charge is 0.394 e. The molecule has 0 saturated heterocycles. The molecule has 0 aliphatic rings. The molecular weight excluding hydrogens is 263 g/mol. The molecule has 20 heavy (non-hydrogen) atoms. The summed E-state index contributed by atoms with van der Waals surface area (Å²) in [5, 5.41) is 0. The molecule has 0 atom stereocenters. The van der Waals surface area contributed by atoms with Crippen molar-refractivity contribution < 1.29 is 18.3 Å². The number of hydrogen-bond donors (Lipinski definition) is 0. The van der Waals surface area contributed by atoms with E-state index in [2.05, 4.69) is 4.98 Å². The van der Waals surface area contributed by atoms with Gasteiger partial charge in [-0.1, -0.05) is 0 Å². The van der Waals surface area contributed by atoms with Gasteiger partial charge in [0.25, 0.3) is 0 Å². The first kappa shape index (κ1) is 14.2. The Morgan fingerprint density at radius 3 is 2.65 bits per heavy atom. The Morgan fingerprint density at radius 2 is 2.05 bits per heavy atom. The standard InChI is InChI=1S/C14H15FN2O3/c1-17(2)7-8-19-14-16-12(9-18)13(20-14)10-3-5-11(15)6-4-10/h3-6,9H,7-8H2,1-2H3. The lowest BCUT2D eigenvalue weighted by molar-refractivity contribution is 0.111. The van der Waals surface area contributed by atoms with Gasteiger partial charge >= 0.3 is 6.08 Å². The fourth-order valence-electron chi connectivity index (χ4n) is 1.58. The molecule has 0 aliphatic heterocycles. The van der Waals surface area contributed by atoms with Gasteiger partial charge < -0.3 is 14.1 Å². The number of rotatable bonds is 6. The van der Waals surface area contributed by atoms with Crippen LogP contribution in [0.4, 0.5) is 4.39 Å². The molecule has 0 fully saturated rings. The highest BCUT2D eigenvalue weighted by Crippen LogP contribution is 2.27. The monoisotopic (exact) mass is 278 g/mol. The Kier molecular flexibility index (Phi) is 4.47. The summed E-state index contributed by atoms with van der Waals surface area (Å²) in [6.45, 7) is 1.10. The quantitative estimate of drug-likeness (QED) is 0.758. The zero-order chi connectivity index (χ0) is 14.5. The summed E-state index contributed by atoms with van der Waals surface area (Å²) in [7, 11) is 3.83. The summed E-state index contributed by atoms with van der Waals surface area (Å²) >= 11 is 0. The molecule has 0 aliphatic carbocycles. The van der Waals surface area contributed by atoms with E-state index in [-0.39, 0.29) is 23.3 Å². The first-order valence-electron chi connectivity index (χ1n) is 6.09.